The van der Waals surface area contributed by atoms with E-state index in [0.717, 1.165) is 5.56 Å². The van der Waals surface area contributed by atoms with Crippen molar-refractivity contribution in [3.05, 3.63) is 35.9 Å². The molecule has 0 radical (unpaired) electrons. The first kappa shape index (κ1) is 20.4. The number of benzene rings is 1. The maximum absolute atomic E-state index is 12.7. The molecule has 0 aromatic heterocycles. The summed E-state index contributed by atoms with van der Waals surface area (Å²) in [6.07, 6.45) is -2.36. The van der Waals surface area contributed by atoms with Gasteiger partial charge in [-0.1, -0.05) is 30.3 Å². The minimum absolute atomic E-state index is 0.292. The van der Waals surface area contributed by atoms with E-state index in [-0.39, 0.29) is 12.4 Å². The van der Waals surface area contributed by atoms with Gasteiger partial charge in [-0.05, 0) is 5.56 Å². The highest BCUT2D eigenvalue weighted by Crippen LogP contribution is 2.34. The summed E-state index contributed by atoms with van der Waals surface area (Å²) in [6, 6.07) is 8.93. The first-order valence-electron chi connectivity index (χ1n) is 9.29. The van der Waals surface area contributed by atoms with Crippen LogP contribution in [0.4, 0.5) is 0 Å². The molecule has 2 fully saturated rings. The van der Waals surface area contributed by atoms with Crippen LogP contribution < -0.4 is 0 Å². The van der Waals surface area contributed by atoms with E-state index in [1.807, 2.05) is 35.2 Å². The summed E-state index contributed by atoms with van der Waals surface area (Å²) >= 11 is 0. The van der Waals surface area contributed by atoms with Crippen molar-refractivity contribution >= 4 is 17.7 Å². The summed E-state index contributed by atoms with van der Waals surface area (Å²) in [5.41, 5.74) is 0.967. The van der Waals surface area contributed by atoms with Crippen LogP contribution in [0.3, 0.4) is 0 Å². The van der Waals surface area contributed by atoms with Gasteiger partial charge in [-0.15, -0.1) is 0 Å². The van der Waals surface area contributed by atoms with E-state index in [4.69, 9.17) is 14.2 Å². The van der Waals surface area contributed by atoms with Crippen LogP contribution in [-0.2, 0) is 35.2 Å². The van der Waals surface area contributed by atoms with Crippen molar-refractivity contribution in [3.63, 3.8) is 0 Å². The van der Waals surface area contributed by atoms with Gasteiger partial charge < -0.3 is 19.3 Å². The number of aliphatic hydroxyl groups excluding tert-OH is 1. The second-order valence-corrected chi connectivity index (χ2v) is 7.17. The molecule has 2 heterocycles. The Morgan fingerprint density at radius 3 is 2.39 bits per heavy atom. The van der Waals surface area contributed by atoms with E-state index < -0.39 is 42.2 Å². The lowest BCUT2D eigenvalue weighted by Crippen LogP contribution is -2.60. The number of fused-ring (bicyclic) bond motifs is 1. The van der Waals surface area contributed by atoms with Crippen molar-refractivity contribution in [3.8, 4) is 0 Å². The summed E-state index contributed by atoms with van der Waals surface area (Å²) in [5, 5.41) is 9.56. The van der Waals surface area contributed by atoms with E-state index in [9.17, 15) is 19.5 Å². The maximum Gasteiger partial charge on any atom is 0.303 e. The van der Waals surface area contributed by atoms with Gasteiger partial charge in [0.05, 0.1) is 25.2 Å². The van der Waals surface area contributed by atoms with Gasteiger partial charge in [-0.3, -0.25) is 19.3 Å². The van der Waals surface area contributed by atoms with Crippen LogP contribution >= 0.6 is 0 Å². The lowest BCUT2D eigenvalue weighted by Gasteiger charge is -2.39. The molecule has 3 rings (SSSR count). The third kappa shape index (κ3) is 4.40. The molecule has 8 heteroatoms. The summed E-state index contributed by atoms with van der Waals surface area (Å²) < 4.78 is 16.8. The van der Waals surface area contributed by atoms with Gasteiger partial charge in [0.25, 0.3) is 0 Å². The van der Waals surface area contributed by atoms with Crippen LogP contribution in [0, 0.1) is 5.92 Å². The van der Waals surface area contributed by atoms with E-state index in [0.29, 0.717) is 19.7 Å². The smallest absolute Gasteiger partial charge is 0.303 e. The molecular formula is C20H25NO7. The Morgan fingerprint density at radius 1 is 1.11 bits per heavy atom. The van der Waals surface area contributed by atoms with Gasteiger partial charge in [0.2, 0.25) is 0 Å². The highest BCUT2D eigenvalue weighted by molar-refractivity contribution is 5.89. The maximum atomic E-state index is 12.7. The summed E-state index contributed by atoms with van der Waals surface area (Å²) in [7, 11) is 0. The van der Waals surface area contributed by atoms with E-state index in [2.05, 4.69) is 0 Å². The number of piperidine rings is 1. The molecule has 0 amide bonds. The Labute approximate surface area is 163 Å². The molecule has 0 spiro atoms. The van der Waals surface area contributed by atoms with Crippen molar-refractivity contribution in [2.45, 2.75) is 44.8 Å². The molecule has 0 aliphatic carbocycles. The van der Waals surface area contributed by atoms with E-state index in [1.165, 1.54) is 13.8 Å². The zero-order chi connectivity index (χ0) is 20.3. The first-order chi connectivity index (χ1) is 13.4. The second-order valence-electron chi connectivity index (χ2n) is 7.17. The van der Waals surface area contributed by atoms with Crippen molar-refractivity contribution in [2.75, 3.05) is 19.7 Å². The fourth-order valence-electron chi connectivity index (χ4n) is 3.93. The SMILES string of the molecule is CC(=O)O[C@H]1[C@H]2[C@@H](OC(C)=O)C(=O)[C@H](CO)CN2C[C@H]1OCc1ccccc1. The van der Waals surface area contributed by atoms with Crippen molar-refractivity contribution < 1.29 is 33.7 Å². The fourth-order valence-corrected chi connectivity index (χ4v) is 3.93. The molecule has 1 aromatic carbocycles. The number of nitrogens with zero attached hydrogens (tertiary/aromatic N) is 1. The van der Waals surface area contributed by atoms with Crippen LogP contribution in [-0.4, -0.2) is 71.8 Å². The standard InChI is InChI=1S/C20H25NO7/c1-12(23)27-19-16(26-11-14-6-4-3-5-7-14)9-21-8-15(10-22)18(25)20(17(19)21)28-13(2)24/h3-7,15-17,19-20,22H,8-11H2,1-2H3/t15-,16+,17-,19+,20+/m0/s1. The number of Topliss-reactive ketones (excluding diaryl/α,β-unsaturated/α-hetero) is 1. The summed E-state index contributed by atoms with van der Waals surface area (Å²) in [6.45, 7) is 3.18. The Hall–Kier alpha value is -2.29. The average molecular weight is 391 g/mol. The van der Waals surface area contributed by atoms with Gasteiger partial charge in [0.1, 0.15) is 12.2 Å². The van der Waals surface area contributed by atoms with Crippen LogP contribution in [0.2, 0.25) is 0 Å². The predicted octanol–water partition coefficient (Wildman–Crippen LogP) is 0.311. The molecule has 0 saturated carbocycles. The topological polar surface area (TPSA) is 102 Å². The minimum Gasteiger partial charge on any atom is -0.458 e. The van der Waals surface area contributed by atoms with Crippen LogP contribution in [0.5, 0.6) is 0 Å². The largest absolute Gasteiger partial charge is 0.458 e. The van der Waals surface area contributed by atoms with E-state index in [1.54, 1.807) is 0 Å². The number of carbonyl (C=O) groups is 3. The Balaban J connectivity index is 1.83. The number of ether oxygens (including phenoxy) is 3. The van der Waals surface area contributed by atoms with Crippen molar-refractivity contribution in [2.24, 2.45) is 5.92 Å². The lowest BCUT2D eigenvalue weighted by atomic mass is 9.88. The monoisotopic (exact) mass is 391 g/mol. The number of carbonyl (C=O) groups excluding carboxylic acids is 3. The highest BCUT2D eigenvalue weighted by Gasteiger charge is 2.56. The summed E-state index contributed by atoms with van der Waals surface area (Å²) in [5.74, 6) is -2.13. The van der Waals surface area contributed by atoms with Crippen LogP contribution in [0.15, 0.2) is 30.3 Å². The molecule has 2 saturated heterocycles. The van der Waals surface area contributed by atoms with Gasteiger partial charge >= 0.3 is 11.9 Å². The quantitative estimate of drug-likeness (QED) is 0.692. The third-order valence-electron chi connectivity index (χ3n) is 5.11. The second kappa shape index (κ2) is 8.81. The molecule has 152 valence electrons. The van der Waals surface area contributed by atoms with Crippen molar-refractivity contribution in [1.29, 1.82) is 0 Å². The fraction of sp³-hybridized carbons (Fsp3) is 0.550. The number of esters is 2. The molecule has 5 atom stereocenters. The molecular weight excluding hydrogens is 366 g/mol. The Kier molecular flexibility index (Phi) is 6.43. The Bertz CT molecular complexity index is 723. The number of aliphatic hydroxyl groups is 1. The number of hydrogen-bond acceptors (Lipinski definition) is 8. The number of rotatable bonds is 6. The average Bonchev–Trinajstić information content (AvgIpc) is 2.99. The van der Waals surface area contributed by atoms with Crippen molar-refractivity contribution in [1.82, 2.24) is 4.90 Å². The minimum atomic E-state index is -1.11. The van der Waals surface area contributed by atoms with Gasteiger partial charge in [0.15, 0.2) is 11.9 Å². The molecule has 0 unspecified atom stereocenters. The van der Waals surface area contributed by atoms with E-state index >= 15 is 0 Å². The van der Waals surface area contributed by atoms with Crippen LogP contribution in [0.25, 0.3) is 0 Å². The molecule has 2 aliphatic rings. The first-order valence-corrected chi connectivity index (χ1v) is 9.29. The molecule has 28 heavy (non-hydrogen) atoms. The zero-order valence-electron chi connectivity index (χ0n) is 15.9. The van der Waals surface area contributed by atoms with Gasteiger partial charge in [0, 0.05) is 26.9 Å². The molecule has 1 aromatic rings. The van der Waals surface area contributed by atoms with Gasteiger partial charge in [-0.2, -0.15) is 0 Å². The van der Waals surface area contributed by atoms with Crippen LogP contribution in [0.1, 0.15) is 19.4 Å². The highest BCUT2D eigenvalue weighted by atomic mass is 16.6. The van der Waals surface area contributed by atoms with Gasteiger partial charge in [-0.25, -0.2) is 0 Å². The zero-order valence-corrected chi connectivity index (χ0v) is 15.9. The normalized spacial score (nSPS) is 30.0. The molecule has 1 N–H and O–H groups in total. The Morgan fingerprint density at radius 2 is 1.79 bits per heavy atom. The molecule has 0 bridgehead atoms. The lowest BCUT2D eigenvalue weighted by molar-refractivity contribution is -0.172. The number of ketones is 1. The molecule has 8 nitrogen and oxygen atoms in total. The number of hydrogen-bond donors (Lipinski definition) is 1. The third-order valence-corrected chi connectivity index (χ3v) is 5.11. The molecule has 2 aliphatic heterocycles. The predicted molar refractivity (Wildman–Crippen MR) is 97.1 cm³/mol. The summed E-state index contributed by atoms with van der Waals surface area (Å²) in [4.78, 5) is 37.9.